The monoisotopic (exact) mass is 673 g/mol. The highest BCUT2D eigenvalue weighted by Gasteiger charge is 2.15. The molecule has 234 valence electrons. The lowest BCUT2D eigenvalue weighted by molar-refractivity contribution is -0.118. The van der Waals surface area contributed by atoms with E-state index in [1.54, 1.807) is 36.4 Å². The van der Waals surface area contributed by atoms with Gasteiger partial charge in [-0.05, 0) is 73.5 Å². The van der Waals surface area contributed by atoms with E-state index >= 15 is 0 Å². The first-order valence-corrected chi connectivity index (χ1v) is 15.8. The van der Waals surface area contributed by atoms with Crippen LogP contribution < -0.4 is 25.5 Å². The fourth-order valence-corrected chi connectivity index (χ4v) is 5.40. The van der Waals surface area contributed by atoms with Gasteiger partial charge >= 0.3 is 0 Å². The maximum absolute atomic E-state index is 12.7. The number of hydrogen-bond donors (Lipinski definition) is 3. The molecule has 0 aliphatic heterocycles. The van der Waals surface area contributed by atoms with Crippen LogP contribution in [0, 0.1) is 6.92 Å². The molecule has 0 bridgehead atoms. The molecule has 2 amide bonds. The minimum absolute atomic E-state index is 0.213. The number of rotatable bonds is 12. The van der Waals surface area contributed by atoms with Crippen molar-refractivity contribution >= 4 is 69.1 Å². The number of thiazole rings is 1. The molecule has 0 aliphatic carbocycles. The lowest BCUT2D eigenvalue weighted by Gasteiger charge is -2.14. The minimum Gasteiger partial charge on any atom is -0.490 e. The van der Waals surface area contributed by atoms with Crippen molar-refractivity contribution in [1.82, 2.24) is 10.4 Å². The zero-order chi connectivity index (χ0) is 32.5. The molecule has 0 saturated heterocycles. The van der Waals surface area contributed by atoms with E-state index in [4.69, 9.17) is 32.7 Å². The Labute approximate surface area is 280 Å². The molecule has 9 nitrogen and oxygen atoms in total. The predicted octanol–water partition coefficient (Wildman–Crippen LogP) is 8.35. The summed E-state index contributed by atoms with van der Waals surface area (Å²) in [6, 6.07) is 25.4. The first-order valence-electron chi connectivity index (χ1n) is 14.2. The van der Waals surface area contributed by atoms with Crippen LogP contribution in [0.15, 0.2) is 95.4 Å². The topological polar surface area (TPSA) is 114 Å². The van der Waals surface area contributed by atoms with Crippen LogP contribution in [0.1, 0.15) is 28.4 Å². The van der Waals surface area contributed by atoms with Gasteiger partial charge in [0.25, 0.3) is 11.8 Å². The van der Waals surface area contributed by atoms with Crippen molar-refractivity contribution < 1.29 is 19.1 Å². The fraction of sp³-hybridized carbons (Fsp3) is 0.118. The first kappa shape index (κ1) is 32.5. The van der Waals surface area contributed by atoms with Crippen molar-refractivity contribution in [2.75, 3.05) is 23.8 Å². The summed E-state index contributed by atoms with van der Waals surface area (Å²) in [6.07, 6.45) is 1.44. The number of para-hydroxylation sites is 1. The zero-order valence-electron chi connectivity index (χ0n) is 24.8. The summed E-state index contributed by atoms with van der Waals surface area (Å²) in [4.78, 5) is 29.8. The first-order chi connectivity index (χ1) is 22.3. The summed E-state index contributed by atoms with van der Waals surface area (Å²) in [6.45, 7) is 3.72. The van der Waals surface area contributed by atoms with Crippen LogP contribution in [-0.2, 0) is 4.79 Å². The Morgan fingerprint density at radius 1 is 0.935 bits per heavy atom. The van der Waals surface area contributed by atoms with Gasteiger partial charge in [-0.1, -0.05) is 59.6 Å². The Morgan fingerprint density at radius 3 is 2.46 bits per heavy atom. The molecular weight excluding hydrogens is 645 g/mol. The Kier molecular flexibility index (Phi) is 10.9. The normalized spacial score (nSPS) is 10.9. The smallest absolute Gasteiger partial charge is 0.271 e. The Morgan fingerprint density at radius 2 is 1.72 bits per heavy atom. The molecule has 46 heavy (non-hydrogen) atoms. The van der Waals surface area contributed by atoms with Gasteiger partial charge in [-0.3, -0.25) is 9.59 Å². The Bertz CT molecular complexity index is 1860. The van der Waals surface area contributed by atoms with Crippen LogP contribution >= 0.6 is 34.5 Å². The number of carbonyl (C=O) groups excluding carboxylic acids is 2. The Hall–Kier alpha value is -4.90. The summed E-state index contributed by atoms with van der Waals surface area (Å²) in [5.41, 5.74) is 7.61. The van der Waals surface area contributed by atoms with Crippen LogP contribution in [-0.4, -0.2) is 36.2 Å². The van der Waals surface area contributed by atoms with Crippen molar-refractivity contribution in [3.63, 3.8) is 0 Å². The number of ether oxygens (including phenoxy) is 2. The highest BCUT2D eigenvalue weighted by Crippen LogP contribution is 2.36. The summed E-state index contributed by atoms with van der Waals surface area (Å²) < 4.78 is 11.4. The van der Waals surface area contributed by atoms with Gasteiger partial charge in [0.05, 0.1) is 23.5 Å². The molecule has 0 spiro atoms. The molecule has 1 aromatic heterocycles. The molecule has 0 saturated carbocycles. The summed E-state index contributed by atoms with van der Waals surface area (Å²) in [5, 5.41) is 13.6. The van der Waals surface area contributed by atoms with Crippen molar-refractivity contribution in [2.45, 2.75) is 13.8 Å². The van der Waals surface area contributed by atoms with E-state index in [9.17, 15) is 9.59 Å². The zero-order valence-corrected chi connectivity index (χ0v) is 27.2. The van der Waals surface area contributed by atoms with Crippen molar-refractivity contribution in [1.29, 1.82) is 0 Å². The number of aryl methyl sites for hydroxylation is 1. The van der Waals surface area contributed by atoms with Gasteiger partial charge in [0.15, 0.2) is 23.2 Å². The van der Waals surface area contributed by atoms with Gasteiger partial charge in [0, 0.05) is 32.9 Å². The molecule has 0 radical (unpaired) electrons. The van der Waals surface area contributed by atoms with E-state index in [0.29, 0.717) is 34.2 Å². The SMILES string of the molecule is CCOc1cc(/C=N/NC(=O)c2ccc(-c3csc(Nc4ccccc4)n3)cc2)cc(Cl)c1OCC(=O)Nc1ccc(C)c(Cl)c1. The molecule has 12 heteroatoms. The van der Waals surface area contributed by atoms with Crippen LogP contribution in [0.5, 0.6) is 11.5 Å². The standard InChI is InChI=1S/C34H29Cl2N5O4S/c1-3-44-30-16-22(15-28(36)32(30)45-19-31(42)38-26-14-9-21(2)27(35)17-26)18-37-41-33(43)24-12-10-23(11-13-24)29-20-46-34(40-29)39-25-7-5-4-6-8-25/h4-18,20H,3,19H2,1-2H3,(H,38,42)(H,39,40)(H,41,43)/b37-18+. The summed E-state index contributed by atoms with van der Waals surface area (Å²) in [7, 11) is 0. The summed E-state index contributed by atoms with van der Waals surface area (Å²) in [5.74, 6) is -0.237. The van der Waals surface area contributed by atoms with Gasteiger partial charge in [-0.15, -0.1) is 11.3 Å². The third-order valence-corrected chi connectivity index (χ3v) is 7.93. The molecule has 3 N–H and O–H groups in total. The van der Waals surface area contributed by atoms with Gasteiger partial charge < -0.3 is 20.1 Å². The second-order valence-electron chi connectivity index (χ2n) is 9.87. The van der Waals surface area contributed by atoms with Crippen molar-refractivity contribution in [3.8, 4) is 22.8 Å². The number of nitrogens with one attached hydrogen (secondary N) is 3. The number of nitrogens with zero attached hydrogens (tertiary/aromatic N) is 2. The third kappa shape index (κ3) is 8.63. The van der Waals surface area contributed by atoms with Crippen LogP contribution in [0.3, 0.4) is 0 Å². The predicted molar refractivity (Wildman–Crippen MR) is 185 cm³/mol. The molecule has 1 heterocycles. The number of hydrazone groups is 1. The highest BCUT2D eigenvalue weighted by molar-refractivity contribution is 7.14. The number of amides is 2. The van der Waals surface area contributed by atoms with Crippen LogP contribution in [0.4, 0.5) is 16.5 Å². The minimum atomic E-state index is -0.392. The largest absolute Gasteiger partial charge is 0.490 e. The number of halogens is 2. The molecule has 0 unspecified atom stereocenters. The lowest BCUT2D eigenvalue weighted by Crippen LogP contribution is -2.20. The average molecular weight is 675 g/mol. The van der Waals surface area contributed by atoms with E-state index in [-0.39, 0.29) is 23.3 Å². The van der Waals surface area contributed by atoms with Gasteiger partial charge in [0.1, 0.15) is 0 Å². The summed E-state index contributed by atoms with van der Waals surface area (Å²) >= 11 is 14.1. The molecule has 5 aromatic rings. The van der Waals surface area contributed by atoms with E-state index in [0.717, 1.165) is 27.6 Å². The van der Waals surface area contributed by atoms with Crippen molar-refractivity contribution in [3.05, 3.63) is 117 Å². The van der Waals surface area contributed by atoms with Gasteiger partial charge in [-0.25, -0.2) is 10.4 Å². The average Bonchev–Trinajstić information content (AvgIpc) is 3.51. The van der Waals surface area contributed by atoms with E-state index in [2.05, 4.69) is 26.1 Å². The second-order valence-corrected chi connectivity index (χ2v) is 11.5. The quantitative estimate of drug-likeness (QED) is 0.0906. The number of hydrogen-bond acceptors (Lipinski definition) is 8. The maximum atomic E-state index is 12.7. The number of benzene rings is 4. The number of carbonyl (C=O) groups is 2. The van der Waals surface area contributed by atoms with Crippen LogP contribution in [0.25, 0.3) is 11.3 Å². The van der Waals surface area contributed by atoms with E-state index in [1.807, 2.05) is 67.8 Å². The molecule has 0 atom stereocenters. The molecule has 0 aliphatic rings. The van der Waals surface area contributed by atoms with Crippen LogP contribution in [0.2, 0.25) is 10.0 Å². The lowest BCUT2D eigenvalue weighted by atomic mass is 10.1. The van der Waals surface area contributed by atoms with Crippen molar-refractivity contribution in [2.24, 2.45) is 5.10 Å². The van der Waals surface area contributed by atoms with E-state index < -0.39 is 5.91 Å². The number of aromatic nitrogens is 1. The molecule has 4 aromatic carbocycles. The molecule has 0 fully saturated rings. The molecular formula is C34H29Cl2N5O4S. The molecule has 5 rings (SSSR count). The third-order valence-electron chi connectivity index (χ3n) is 6.49. The van der Waals surface area contributed by atoms with E-state index in [1.165, 1.54) is 17.6 Å². The second kappa shape index (κ2) is 15.4. The highest BCUT2D eigenvalue weighted by atomic mass is 35.5. The van der Waals surface area contributed by atoms with Gasteiger partial charge in [0.2, 0.25) is 0 Å². The fourth-order valence-electron chi connectivity index (χ4n) is 4.20. The maximum Gasteiger partial charge on any atom is 0.271 e. The van der Waals surface area contributed by atoms with Gasteiger partial charge in [-0.2, -0.15) is 5.10 Å². The number of anilines is 3. The Balaban J connectivity index is 1.17.